The fraction of sp³-hybridized carbons (Fsp3) is 0.462. The number of hydrogen-bond donors (Lipinski definition) is 1. The van der Waals surface area contributed by atoms with E-state index < -0.39 is 0 Å². The van der Waals surface area contributed by atoms with E-state index in [1.807, 2.05) is 39.0 Å². The van der Waals surface area contributed by atoms with Crippen LogP contribution in [0.5, 0.6) is 0 Å². The van der Waals surface area contributed by atoms with Gasteiger partial charge in [-0.1, -0.05) is 23.7 Å². The van der Waals surface area contributed by atoms with Gasteiger partial charge in [-0.2, -0.15) is 0 Å². The third kappa shape index (κ3) is 3.63. The first-order chi connectivity index (χ1) is 7.93. The minimum atomic E-state index is 0.0533. The van der Waals surface area contributed by atoms with Crippen LogP contribution >= 0.6 is 11.6 Å². The van der Waals surface area contributed by atoms with Crippen LogP contribution in [0.1, 0.15) is 19.4 Å². The number of hydrogen-bond acceptors (Lipinski definition) is 2. The fourth-order valence-corrected chi connectivity index (χ4v) is 1.56. The second-order valence-electron chi connectivity index (χ2n) is 4.39. The van der Waals surface area contributed by atoms with Gasteiger partial charge in [0.1, 0.15) is 0 Å². The van der Waals surface area contributed by atoms with Crippen LogP contribution in [0.3, 0.4) is 0 Å². The summed E-state index contributed by atoms with van der Waals surface area (Å²) in [6.07, 6.45) is 0. The van der Waals surface area contributed by atoms with E-state index in [0.29, 0.717) is 5.02 Å². The Balaban J connectivity index is 2.62. The number of halogens is 1. The smallest absolute Gasteiger partial charge is 0.241 e. The van der Waals surface area contributed by atoms with Gasteiger partial charge < -0.3 is 10.2 Å². The third-order valence-corrected chi connectivity index (χ3v) is 3.29. The van der Waals surface area contributed by atoms with Crippen molar-refractivity contribution in [2.45, 2.75) is 26.8 Å². The number of carbonyl (C=O) groups excluding carboxylic acids is 1. The highest BCUT2D eigenvalue weighted by atomic mass is 35.5. The minimum absolute atomic E-state index is 0.0533. The maximum atomic E-state index is 11.8. The molecule has 0 bridgehead atoms. The fourth-order valence-electron chi connectivity index (χ4n) is 1.37. The molecule has 0 saturated heterocycles. The standard InChI is InChI=1S/C13H19ClN2O/c1-9(2)16(4)12(17)8-15-11-7-5-6-10(3)13(11)14/h5-7,9,15H,8H2,1-4H3. The van der Waals surface area contributed by atoms with Crippen molar-refractivity contribution in [3.8, 4) is 0 Å². The summed E-state index contributed by atoms with van der Waals surface area (Å²) in [7, 11) is 1.80. The van der Waals surface area contributed by atoms with Gasteiger partial charge in [0.05, 0.1) is 17.3 Å². The molecule has 0 fully saturated rings. The number of rotatable bonds is 4. The van der Waals surface area contributed by atoms with Gasteiger partial charge in [-0.25, -0.2) is 0 Å². The molecule has 0 unspecified atom stereocenters. The summed E-state index contributed by atoms with van der Waals surface area (Å²) >= 11 is 6.13. The zero-order valence-corrected chi connectivity index (χ0v) is 11.5. The molecular weight excluding hydrogens is 236 g/mol. The number of benzene rings is 1. The zero-order valence-electron chi connectivity index (χ0n) is 10.7. The molecule has 0 saturated carbocycles. The van der Waals surface area contributed by atoms with Crippen LogP contribution in [-0.2, 0) is 4.79 Å². The first kappa shape index (κ1) is 13.8. The molecule has 1 rings (SSSR count). The number of amides is 1. The lowest BCUT2D eigenvalue weighted by molar-refractivity contribution is -0.129. The van der Waals surface area contributed by atoms with E-state index in [2.05, 4.69) is 5.32 Å². The summed E-state index contributed by atoms with van der Waals surface area (Å²) in [6, 6.07) is 5.94. The highest BCUT2D eigenvalue weighted by Gasteiger charge is 2.12. The van der Waals surface area contributed by atoms with Crippen molar-refractivity contribution in [3.63, 3.8) is 0 Å². The van der Waals surface area contributed by atoms with E-state index in [-0.39, 0.29) is 18.5 Å². The molecule has 94 valence electrons. The van der Waals surface area contributed by atoms with Crippen LogP contribution in [0.2, 0.25) is 5.02 Å². The van der Waals surface area contributed by atoms with E-state index in [1.54, 1.807) is 11.9 Å². The van der Waals surface area contributed by atoms with E-state index in [9.17, 15) is 4.79 Å². The van der Waals surface area contributed by atoms with E-state index in [4.69, 9.17) is 11.6 Å². The van der Waals surface area contributed by atoms with Crippen LogP contribution in [0.4, 0.5) is 5.69 Å². The molecule has 0 spiro atoms. The van der Waals surface area contributed by atoms with Gasteiger partial charge in [-0.3, -0.25) is 4.79 Å². The molecule has 17 heavy (non-hydrogen) atoms. The molecule has 1 amide bonds. The minimum Gasteiger partial charge on any atom is -0.375 e. The van der Waals surface area contributed by atoms with E-state index in [1.165, 1.54) is 0 Å². The van der Waals surface area contributed by atoms with Crippen molar-refractivity contribution < 1.29 is 4.79 Å². The molecule has 0 radical (unpaired) electrons. The predicted octanol–water partition coefficient (Wildman–Crippen LogP) is 2.93. The highest BCUT2D eigenvalue weighted by Crippen LogP contribution is 2.24. The lowest BCUT2D eigenvalue weighted by atomic mass is 10.2. The number of carbonyl (C=O) groups is 1. The van der Waals surface area contributed by atoms with Gasteiger partial charge in [0.2, 0.25) is 5.91 Å². The van der Waals surface area contributed by atoms with Crippen LogP contribution in [0.15, 0.2) is 18.2 Å². The Kier molecular flexibility index (Phi) is 4.82. The van der Waals surface area contributed by atoms with Crippen molar-refractivity contribution in [1.29, 1.82) is 0 Å². The van der Waals surface area contributed by atoms with Crippen LogP contribution < -0.4 is 5.32 Å². The summed E-state index contributed by atoms with van der Waals surface area (Å²) in [5.74, 6) is 0.0533. The number of anilines is 1. The SMILES string of the molecule is Cc1cccc(NCC(=O)N(C)C(C)C)c1Cl. The Hall–Kier alpha value is -1.22. The van der Waals surface area contributed by atoms with Crippen molar-refractivity contribution in [2.24, 2.45) is 0 Å². The first-order valence-corrected chi connectivity index (χ1v) is 6.06. The largest absolute Gasteiger partial charge is 0.375 e. The molecule has 0 aliphatic heterocycles. The second-order valence-corrected chi connectivity index (χ2v) is 4.77. The molecule has 1 N–H and O–H groups in total. The van der Waals surface area contributed by atoms with Gasteiger partial charge in [0, 0.05) is 13.1 Å². The Morgan fingerprint density at radius 3 is 2.71 bits per heavy atom. The van der Waals surface area contributed by atoms with Gasteiger partial charge in [-0.15, -0.1) is 0 Å². The van der Waals surface area contributed by atoms with Gasteiger partial charge >= 0.3 is 0 Å². The molecule has 1 aromatic carbocycles. The topological polar surface area (TPSA) is 32.3 Å². The summed E-state index contributed by atoms with van der Waals surface area (Å²) in [4.78, 5) is 13.5. The molecule has 0 aliphatic carbocycles. The molecular formula is C13H19ClN2O. The summed E-state index contributed by atoms with van der Waals surface area (Å²) in [5, 5.41) is 3.74. The molecule has 0 aliphatic rings. The Morgan fingerprint density at radius 1 is 1.47 bits per heavy atom. The quantitative estimate of drug-likeness (QED) is 0.896. The number of nitrogens with one attached hydrogen (secondary N) is 1. The predicted molar refractivity (Wildman–Crippen MR) is 72.6 cm³/mol. The lowest BCUT2D eigenvalue weighted by Crippen LogP contribution is -2.37. The Morgan fingerprint density at radius 2 is 2.12 bits per heavy atom. The van der Waals surface area contributed by atoms with Gasteiger partial charge in [0.25, 0.3) is 0 Å². The molecule has 3 nitrogen and oxygen atoms in total. The molecule has 0 aromatic heterocycles. The zero-order chi connectivity index (χ0) is 13.0. The molecule has 0 heterocycles. The van der Waals surface area contributed by atoms with Crippen LogP contribution in [0.25, 0.3) is 0 Å². The van der Waals surface area contributed by atoms with Crippen LogP contribution in [-0.4, -0.2) is 30.4 Å². The summed E-state index contributed by atoms with van der Waals surface area (Å²) < 4.78 is 0. The van der Waals surface area contributed by atoms with E-state index >= 15 is 0 Å². The number of likely N-dealkylation sites (N-methyl/N-ethyl adjacent to an activating group) is 1. The number of aryl methyl sites for hydroxylation is 1. The highest BCUT2D eigenvalue weighted by molar-refractivity contribution is 6.34. The Labute approximate surface area is 108 Å². The maximum absolute atomic E-state index is 11.8. The van der Waals surface area contributed by atoms with Crippen molar-refractivity contribution in [2.75, 3.05) is 18.9 Å². The number of nitrogens with zero attached hydrogens (tertiary/aromatic N) is 1. The maximum Gasteiger partial charge on any atom is 0.241 e. The van der Waals surface area contributed by atoms with E-state index in [0.717, 1.165) is 11.3 Å². The van der Waals surface area contributed by atoms with Gasteiger partial charge in [0.15, 0.2) is 0 Å². The normalized spacial score (nSPS) is 10.5. The average molecular weight is 255 g/mol. The van der Waals surface area contributed by atoms with Crippen LogP contribution in [0, 0.1) is 6.92 Å². The molecule has 4 heteroatoms. The Bertz CT molecular complexity index is 404. The second kappa shape index (κ2) is 5.92. The summed E-state index contributed by atoms with van der Waals surface area (Å²) in [6.45, 7) is 6.17. The van der Waals surface area contributed by atoms with Crippen molar-refractivity contribution >= 4 is 23.2 Å². The van der Waals surface area contributed by atoms with Gasteiger partial charge in [-0.05, 0) is 32.4 Å². The third-order valence-electron chi connectivity index (χ3n) is 2.79. The average Bonchev–Trinajstić information content (AvgIpc) is 2.29. The monoisotopic (exact) mass is 254 g/mol. The van der Waals surface area contributed by atoms with Crippen molar-refractivity contribution in [1.82, 2.24) is 4.90 Å². The van der Waals surface area contributed by atoms with Crippen molar-refractivity contribution in [3.05, 3.63) is 28.8 Å². The molecule has 1 aromatic rings. The first-order valence-electron chi connectivity index (χ1n) is 5.68. The summed E-state index contributed by atoms with van der Waals surface area (Å²) in [5.41, 5.74) is 1.80. The lowest BCUT2D eigenvalue weighted by Gasteiger charge is -2.22. The molecule has 0 atom stereocenters.